The Labute approximate surface area is 96.0 Å². The number of nitrogens with zero attached hydrogens (tertiary/aromatic N) is 1. The number of rotatable bonds is 6. The van der Waals surface area contributed by atoms with Gasteiger partial charge < -0.3 is 19.8 Å². The fourth-order valence-corrected chi connectivity index (χ4v) is 1.95. The zero-order valence-electron chi connectivity index (χ0n) is 9.76. The summed E-state index contributed by atoms with van der Waals surface area (Å²) in [6.07, 6.45) is 1.84. The molecule has 0 spiro atoms. The molecule has 0 aromatic heterocycles. The summed E-state index contributed by atoms with van der Waals surface area (Å²) < 4.78 is 5.25. The van der Waals surface area contributed by atoms with Crippen molar-refractivity contribution in [2.75, 3.05) is 32.8 Å². The Morgan fingerprint density at radius 3 is 2.62 bits per heavy atom. The van der Waals surface area contributed by atoms with Crippen LogP contribution in [0, 0.1) is 5.92 Å². The van der Waals surface area contributed by atoms with E-state index >= 15 is 0 Å². The third kappa shape index (κ3) is 4.92. The van der Waals surface area contributed by atoms with Crippen LogP contribution in [0.3, 0.4) is 0 Å². The first kappa shape index (κ1) is 13.4. The fourth-order valence-electron chi connectivity index (χ4n) is 1.95. The SMILES string of the molecule is CC(CO)CN1CCC(OCC(=O)O)CC1. The van der Waals surface area contributed by atoms with Crippen molar-refractivity contribution in [2.24, 2.45) is 5.92 Å². The molecule has 1 rings (SSSR count). The molecule has 94 valence electrons. The summed E-state index contributed by atoms with van der Waals surface area (Å²) in [6, 6.07) is 0. The topological polar surface area (TPSA) is 70.0 Å². The summed E-state index contributed by atoms with van der Waals surface area (Å²) in [4.78, 5) is 12.6. The Hall–Kier alpha value is -0.650. The molecule has 0 amide bonds. The summed E-state index contributed by atoms with van der Waals surface area (Å²) >= 11 is 0. The minimum absolute atomic E-state index is 0.0804. The van der Waals surface area contributed by atoms with Gasteiger partial charge in [0.15, 0.2) is 0 Å². The average Bonchev–Trinajstić information content (AvgIpc) is 2.28. The number of carboxylic acid groups (broad SMARTS) is 1. The second kappa shape index (κ2) is 6.83. The van der Waals surface area contributed by atoms with Crippen molar-refractivity contribution in [3.63, 3.8) is 0 Å². The Bertz CT molecular complexity index is 214. The number of aliphatic hydroxyl groups excluding tert-OH is 1. The Kier molecular flexibility index (Phi) is 5.73. The highest BCUT2D eigenvalue weighted by Gasteiger charge is 2.21. The van der Waals surface area contributed by atoms with Gasteiger partial charge in [-0.25, -0.2) is 4.79 Å². The number of piperidine rings is 1. The molecule has 5 heteroatoms. The van der Waals surface area contributed by atoms with Gasteiger partial charge in [0.2, 0.25) is 0 Å². The molecule has 1 unspecified atom stereocenters. The van der Waals surface area contributed by atoms with Crippen molar-refractivity contribution in [3.05, 3.63) is 0 Å². The van der Waals surface area contributed by atoms with Crippen LogP contribution in [-0.2, 0) is 9.53 Å². The predicted octanol–water partition coefficient (Wildman–Crippen LogP) is 0.180. The predicted molar refractivity (Wildman–Crippen MR) is 59.3 cm³/mol. The number of carboxylic acids is 1. The monoisotopic (exact) mass is 231 g/mol. The summed E-state index contributed by atoms with van der Waals surface area (Å²) in [6.45, 7) is 4.80. The van der Waals surface area contributed by atoms with Gasteiger partial charge in [0.25, 0.3) is 0 Å². The molecule has 0 bridgehead atoms. The number of ether oxygens (including phenoxy) is 1. The van der Waals surface area contributed by atoms with Crippen LogP contribution in [0.25, 0.3) is 0 Å². The lowest BCUT2D eigenvalue weighted by Gasteiger charge is -2.32. The summed E-state index contributed by atoms with van der Waals surface area (Å²) in [5, 5.41) is 17.4. The standard InChI is InChI=1S/C11H21NO4/c1-9(7-13)6-12-4-2-10(3-5-12)16-8-11(14)15/h9-10,13H,2-8H2,1H3,(H,14,15). The van der Waals surface area contributed by atoms with Crippen molar-refractivity contribution < 1.29 is 19.7 Å². The second-order valence-corrected chi connectivity index (χ2v) is 4.49. The molecular formula is C11H21NO4. The van der Waals surface area contributed by atoms with E-state index in [9.17, 15) is 4.79 Å². The van der Waals surface area contributed by atoms with Crippen LogP contribution in [0.15, 0.2) is 0 Å². The smallest absolute Gasteiger partial charge is 0.329 e. The lowest BCUT2D eigenvalue weighted by molar-refractivity contribution is -0.145. The van der Waals surface area contributed by atoms with E-state index in [0.29, 0.717) is 5.92 Å². The maximum Gasteiger partial charge on any atom is 0.329 e. The van der Waals surface area contributed by atoms with Crippen LogP contribution in [0.4, 0.5) is 0 Å². The molecule has 5 nitrogen and oxygen atoms in total. The maximum atomic E-state index is 10.3. The van der Waals surface area contributed by atoms with Crippen molar-refractivity contribution in [1.29, 1.82) is 0 Å². The van der Waals surface area contributed by atoms with Crippen LogP contribution in [0.2, 0.25) is 0 Å². The second-order valence-electron chi connectivity index (χ2n) is 4.49. The highest BCUT2D eigenvalue weighted by Crippen LogP contribution is 2.14. The molecule has 0 aromatic carbocycles. The third-order valence-corrected chi connectivity index (χ3v) is 2.86. The van der Waals surface area contributed by atoms with Crippen LogP contribution in [0.1, 0.15) is 19.8 Å². The first-order chi connectivity index (χ1) is 7.61. The maximum absolute atomic E-state index is 10.3. The van der Waals surface area contributed by atoms with Gasteiger partial charge in [-0.15, -0.1) is 0 Å². The average molecular weight is 231 g/mol. The minimum Gasteiger partial charge on any atom is -0.480 e. The largest absolute Gasteiger partial charge is 0.480 e. The molecule has 1 aliphatic heterocycles. The molecule has 0 aromatic rings. The highest BCUT2D eigenvalue weighted by atomic mass is 16.5. The van der Waals surface area contributed by atoms with Crippen LogP contribution < -0.4 is 0 Å². The molecule has 1 fully saturated rings. The number of hydrogen-bond donors (Lipinski definition) is 2. The van der Waals surface area contributed by atoms with E-state index < -0.39 is 5.97 Å². The van der Waals surface area contributed by atoms with Gasteiger partial charge in [-0.05, 0) is 18.8 Å². The van der Waals surface area contributed by atoms with Crippen LogP contribution in [0.5, 0.6) is 0 Å². The van der Waals surface area contributed by atoms with Crippen LogP contribution in [-0.4, -0.2) is 60.0 Å². The van der Waals surface area contributed by atoms with Gasteiger partial charge in [-0.1, -0.05) is 6.92 Å². The van der Waals surface area contributed by atoms with E-state index in [1.54, 1.807) is 0 Å². The molecule has 1 aliphatic rings. The third-order valence-electron chi connectivity index (χ3n) is 2.86. The lowest BCUT2D eigenvalue weighted by atomic mass is 10.1. The summed E-state index contributed by atoms with van der Waals surface area (Å²) in [7, 11) is 0. The molecule has 0 radical (unpaired) electrons. The van der Waals surface area contributed by atoms with Gasteiger partial charge in [0, 0.05) is 26.2 Å². The van der Waals surface area contributed by atoms with Crippen molar-refractivity contribution >= 4 is 5.97 Å². The number of carbonyl (C=O) groups is 1. The van der Waals surface area contributed by atoms with Gasteiger partial charge in [0.1, 0.15) is 6.61 Å². The normalized spacial score (nSPS) is 20.9. The van der Waals surface area contributed by atoms with E-state index in [2.05, 4.69) is 4.90 Å². The van der Waals surface area contributed by atoms with Gasteiger partial charge in [-0.3, -0.25) is 0 Å². The highest BCUT2D eigenvalue weighted by molar-refractivity contribution is 5.68. The molecule has 1 saturated heterocycles. The number of hydrogen-bond acceptors (Lipinski definition) is 4. The molecule has 16 heavy (non-hydrogen) atoms. The summed E-state index contributed by atoms with van der Waals surface area (Å²) in [5.74, 6) is -0.604. The lowest BCUT2D eigenvalue weighted by Crippen LogP contribution is -2.40. The first-order valence-electron chi connectivity index (χ1n) is 5.78. The Morgan fingerprint density at radius 2 is 2.12 bits per heavy atom. The fraction of sp³-hybridized carbons (Fsp3) is 0.909. The quantitative estimate of drug-likeness (QED) is 0.682. The number of aliphatic carboxylic acids is 1. The molecule has 0 saturated carbocycles. The van der Waals surface area contributed by atoms with Crippen molar-refractivity contribution in [2.45, 2.75) is 25.9 Å². The van der Waals surface area contributed by atoms with E-state index in [1.165, 1.54) is 0 Å². The van der Waals surface area contributed by atoms with Gasteiger partial charge in [-0.2, -0.15) is 0 Å². The summed E-state index contributed by atoms with van der Waals surface area (Å²) in [5.41, 5.74) is 0. The van der Waals surface area contributed by atoms with E-state index in [4.69, 9.17) is 14.9 Å². The van der Waals surface area contributed by atoms with Gasteiger partial charge in [0.05, 0.1) is 6.10 Å². The van der Waals surface area contributed by atoms with E-state index in [1.807, 2.05) is 6.92 Å². The molecule has 1 atom stereocenters. The molecule has 2 N–H and O–H groups in total. The van der Waals surface area contributed by atoms with Gasteiger partial charge >= 0.3 is 5.97 Å². The van der Waals surface area contributed by atoms with E-state index in [0.717, 1.165) is 32.5 Å². The Morgan fingerprint density at radius 1 is 1.50 bits per heavy atom. The van der Waals surface area contributed by atoms with E-state index in [-0.39, 0.29) is 19.3 Å². The molecular weight excluding hydrogens is 210 g/mol. The van der Waals surface area contributed by atoms with Crippen molar-refractivity contribution in [1.82, 2.24) is 4.90 Å². The van der Waals surface area contributed by atoms with Crippen LogP contribution >= 0.6 is 0 Å². The Balaban J connectivity index is 2.15. The minimum atomic E-state index is -0.906. The number of likely N-dealkylation sites (tertiary alicyclic amines) is 1. The zero-order chi connectivity index (χ0) is 12.0. The zero-order valence-corrected chi connectivity index (χ0v) is 9.76. The molecule has 1 heterocycles. The first-order valence-corrected chi connectivity index (χ1v) is 5.78. The van der Waals surface area contributed by atoms with Crippen molar-refractivity contribution in [3.8, 4) is 0 Å². The number of aliphatic hydroxyl groups is 1. The molecule has 0 aliphatic carbocycles.